The summed E-state index contributed by atoms with van der Waals surface area (Å²) in [4.78, 5) is 17.6. The van der Waals surface area contributed by atoms with Crippen molar-refractivity contribution >= 4 is 34.1 Å². The second-order valence-corrected chi connectivity index (χ2v) is 15.1. The number of nitrogens with zero attached hydrogens (tertiary/aromatic N) is 5. The van der Waals surface area contributed by atoms with E-state index in [9.17, 15) is 17.6 Å². The van der Waals surface area contributed by atoms with Crippen molar-refractivity contribution in [2.45, 2.75) is 75.2 Å². The highest BCUT2D eigenvalue weighted by molar-refractivity contribution is 6.34. The van der Waals surface area contributed by atoms with Crippen LogP contribution in [-0.2, 0) is 10.9 Å². The second-order valence-electron chi connectivity index (χ2n) is 14.6. The van der Waals surface area contributed by atoms with Gasteiger partial charge in [-0.25, -0.2) is 13.8 Å². The standard InChI is InChI=1S/C35H39ClF5N7O2/c1-19-11-25(42)43-30(27(19)35(39,40)41)26-24(36)12-23-29(28(26)38)44-32(50-18-33-6-2-8-48(33)15-20(13-33)14-37)45-31(23)47-16-22-3-7-34(17-47,46-22)21-4-9-49-10-5-21/h11-12,14,21-22,46H,2-10,13,15-18H2,1H3,(H2,42,43)/b20-14-/t22-,33-,34+/m0/s1. The molecule has 2 aromatic heterocycles. The lowest BCUT2D eigenvalue weighted by Gasteiger charge is -2.47. The number of ether oxygens (including phenoxy) is 2. The summed E-state index contributed by atoms with van der Waals surface area (Å²) in [5.41, 5.74) is 3.07. The number of rotatable bonds is 6. The maximum absolute atomic E-state index is 17.0. The summed E-state index contributed by atoms with van der Waals surface area (Å²) in [6, 6.07) is 2.56. The molecule has 5 aliphatic heterocycles. The average molecular weight is 720 g/mol. The number of pyridine rings is 1. The topological polar surface area (TPSA) is 102 Å². The molecule has 2 bridgehead atoms. The van der Waals surface area contributed by atoms with Crippen molar-refractivity contribution in [3.05, 3.63) is 46.0 Å². The fourth-order valence-corrected chi connectivity index (χ4v) is 9.63. The predicted octanol–water partition coefficient (Wildman–Crippen LogP) is 6.60. The lowest BCUT2D eigenvalue weighted by atomic mass is 9.77. The SMILES string of the molecule is Cc1cc(N)nc(-c2c(Cl)cc3c(N4C[C@@H]5CC[C@](C6CCOCC6)(C4)N5)nc(OC[C@@]45CCCN4C/C(=C\F)C5)nc3c2F)c1C(F)(F)F. The number of fused-ring (bicyclic) bond motifs is 4. The minimum absolute atomic E-state index is 0.114. The minimum Gasteiger partial charge on any atom is -0.461 e. The number of hydrogen-bond acceptors (Lipinski definition) is 9. The fraction of sp³-hybridized carbons (Fsp3) is 0.571. The quantitative estimate of drug-likeness (QED) is 0.273. The van der Waals surface area contributed by atoms with Gasteiger partial charge < -0.3 is 25.4 Å². The Balaban J connectivity index is 1.26. The number of benzene rings is 1. The Labute approximate surface area is 291 Å². The van der Waals surface area contributed by atoms with Crippen LogP contribution in [-0.4, -0.2) is 83.0 Å². The van der Waals surface area contributed by atoms with E-state index in [-0.39, 0.29) is 51.5 Å². The maximum atomic E-state index is 17.0. The molecule has 5 fully saturated rings. The van der Waals surface area contributed by atoms with Crippen LogP contribution in [0.2, 0.25) is 5.02 Å². The van der Waals surface area contributed by atoms with E-state index in [4.69, 9.17) is 31.8 Å². The number of anilines is 2. The van der Waals surface area contributed by atoms with Crippen molar-refractivity contribution in [1.82, 2.24) is 25.2 Å². The Morgan fingerprint density at radius 2 is 1.96 bits per heavy atom. The molecule has 0 amide bonds. The van der Waals surface area contributed by atoms with E-state index < -0.39 is 34.4 Å². The number of nitrogens with two attached hydrogens (primary N) is 1. The van der Waals surface area contributed by atoms with Crippen LogP contribution in [0.15, 0.2) is 24.0 Å². The third-order valence-corrected chi connectivity index (χ3v) is 11.9. The van der Waals surface area contributed by atoms with Gasteiger partial charge in [0, 0.05) is 49.8 Å². The molecule has 0 aliphatic carbocycles. The molecule has 15 heteroatoms. The van der Waals surface area contributed by atoms with Crippen LogP contribution in [0.3, 0.4) is 0 Å². The maximum Gasteiger partial charge on any atom is 0.418 e. The van der Waals surface area contributed by atoms with Gasteiger partial charge in [-0.15, -0.1) is 0 Å². The van der Waals surface area contributed by atoms with Gasteiger partial charge in [0.05, 0.1) is 33.7 Å². The van der Waals surface area contributed by atoms with Crippen molar-refractivity contribution in [1.29, 1.82) is 0 Å². The molecule has 7 heterocycles. The smallest absolute Gasteiger partial charge is 0.418 e. The molecule has 0 saturated carbocycles. The van der Waals surface area contributed by atoms with Gasteiger partial charge in [0.2, 0.25) is 0 Å². The monoisotopic (exact) mass is 719 g/mol. The van der Waals surface area contributed by atoms with Crippen LogP contribution in [0.5, 0.6) is 6.01 Å². The van der Waals surface area contributed by atoms with Gasteiger partial charge in [-0.2, -0.15) is 23.1 Å². The number of nitrogens with one attached hydrogen (secondary N) is 1. The van der Waals surface area contributed by atoms with Gasteiger partial charge in [0.25, 0.3) is 0 Å². The van der Waals surface area contributed by atoms with Gasteiger partial charge in [-0.3, -0.25) is 4.90 Å². The van der Waals surface area contributed by atoms with Crippen LogP contribution in [0, 0.1) is 18.7 Å². The largest absolute Gasteiger partial charge is 0.461 e. The van der Waals surface area contributed by atoms with Crippen LogP contribution in [0.25, 0.3) is 22.2 Å². The summed E-state index contributed by atoms with van der Waals surface area (Å²) in [6.45, 7) is 5.22. The Morgan fingerprint density at radius 1 is 1.16 bits per heavy atom. The summed E-state index contributed by atoms with van der Waals surface area (Å²) in [6.07, 6.45) is 1.74. The molecule has 5 saturated heterocycles. The number of nitrogen functional groups attached to an aromatic ring is 1. The van der Waals surface area contributed by atoms with Gasteiger partial charge in [0.1, 0.15) is 23.8 Å². The van der Waals surface area contributed by atoms with E-state index in [1.54, 1.807) is 0 Å². The Morgan fingerprint density at radius 3 is 2.72 bits per heavy atom. The third-order valence-electron chi connectivity index (χ3n) is 11.6. The van der Waals surface area contributed by atoms with Gasteiger partial charge in [0.15, 0.2) is 5.82 Å². The first-order valence-corrected chi connectivity index (χ1v) is 17.6. The third kappa shape index (κ3) is 5.66. The summed E-state index contributed by atoms with van der Waals surface area (Å²) < 4.78 is 85.8. The number of halogens is 6. The number of alkyl halides is 3. The van der Waals surface area contributed by atoms with Crippen LogP contribution < -0.4 is 20.7 Å². The normalized spacial score (nSPS) is 28.3. The van der Waals surface area contributed by atoms with Gasteiger partial charge in [-0.1, -0.05) is 11.6 Å². The van der Waals surface area contributed by atoms with Crippen LogP contribution in [0.1, 0.15) is 56.1 Å². The first-order valence-electron chi connectivity index (χ1n) is 17.2. The molecule has 50 heavy (non-hydrogen) atoms. The van der Waals surface area contributed by atoms with E-state index in [1.807, 2.05) is 0 Å². The van der Waals surface area contributed by atoms with Gasteiger partial charge >= 0.3 is 12.2 Å². The number of aryl methyl sites for hydroxylation is 1. The molecule has 0 radical (unpaired) electrons. The molecule has 3 atom stereocenters. The summed E-state index contributed by atoms with van der Waals surface area (Å²) in [7, 11) is 0. The second kappa shape index (κ2) is 12.4. The zero-order chi connectivity index (χ0) is 35.0. The van der Waals surface area contributed by atoms with Gasteiger partial charge in [-0.05, 0) is 87.6 Å². The van der Waals surface area contributed by atoms with E-state index in [1.165, 1.54) is 13.0 Å². The first-order chi connectivity index (χ1) is 23.9. The minimum atomic E-state index is -4.87. The average Bonchev–Trinajstić information content (AvgIpc) is 3.73. The lowest BCUT2D eigenvalue weighted by molar-refractivity contribution is -0.137. The summed E-state index contributed by atoms with van der Waals surface area (Å²) >= 11 is 6.71. The van der Waals surface area contributed by atoms with Crippen LogP contribution >= 0.6 is 11.6 Å². The van der Waals surface area contributed by atoms with Crippen molar-refractivity contribution in [3.8, 4) is 17.3 Å². The Bertz CT molecular complexity index is 1870. The molecule has 268 valence electrons. The molecule has 3 N–H and O–H groups in total. The van der Waals surface area contributed by atoms with E-state index >= 15 is 4.39 Å². The Kier molecular flexibility index (Phi) is 8.39. The highest BCUT2D eigenvalue weighted by Gasteiger charge is 2.51. The van der Waals surface area contributed by atoms with Crippen molar-refractivity contribution < 1.29 is 31.4 Å². The highest BCUT2D eigenvalue weighted by atomic mass is 35.5. The highest BCUT2D eigenvalue weighted by Crippen LogP contribution is 2.47. The Hall–Kier alpha value is -3.33. The molecule has 1 aromatic carbocycles. The summed E-state index contributed by atoms with van der Waals surface area (Å²) in [5.74, 6) is -0.523. The predicted molar refractivity (Wildman–Crippen MR) is 179 cm³/mol. The molecule has 9 nitrogen and oxygen atoms in total. The molecule has 0 unspecified atom stereocenters. The molecular weight excluding hydrogens is 681 g/mol. The number of aromatic nitrogens is 3. The van der Waals surface area contributed by atoms with Crippen molar-refractivity contribution in [2.24, 2.45) is 5.92 Å². The van der Waals surface area contributed by atoms with Crippen molar-refractivity contribution in [3.63, 3.8) is 0 Å². The molecule has 3 aromatic rings. The molecule has 0 spiro atoms. The molecule has 5 aliphatic rings. The zero-order valence-electron chi connectivity index (χ0n) is 27.7. The zero-order valence-corrected chi connectivity index (χ0v) is 28.4. The van der Waals surface area contributed by atoms with E-state index in [0.717, 1.165) is 51.1 Å². The fourth-order valence-electron chi connectivity index (χ4n) is 9.35. The lowest BCUT2D eigenvalue weighted by Crippen LogP contribution is -2.63. The molecular formula is C35H39ClF5N7O2. The summed E-state index contributed by atoms with van der Waals surface area (Å²) in [5, 5.41) is 3.86. The van der Waals surface area contributed by atoms with Crippen molar-refractivity contribution in [2.75, 3.05) is 56.6 Å². The van der Waals surface area contributed by atoms with E-state index in [0.29, 0.717) is 62.9 Å². The molecule has 8 rings (SSSR count). The van der Waals surface area contributed by atoms with Crippen LogP contribution in [0.4, 0.5) is 33.6 Å². The number of piperazine rings is 1. The first kappa shape index (κ1) is 33.8. The van der Waals surface area contributed by atoms with E-state index in [2.05, 4.69) is 25.1 Å². The number of hydrogen-bond donors (Lipinski definition) is 2.